The van der Waals surface area contributed by atoms with Crippen molar-refractivity contribution in [2.45, 2.75) is 6.92 Å². The number of aryl methyl sites for hydroxylation is 1. The van der Waals surface area contributed by atoms with E-state index in [1.165, 1.54) is 0 Å². The van der Waals surface area contributed by atoms with Crippen LogP contribution in [0.2, 0.25) is 0 Å². The van der Waals surface area contributed by atoms with Gasteiger partial charge in [-0.2, -0.15) is 0 Å². The largest absolute Gasteiger partial charge is 1.00 e. The van der Waals surface area contributed by atoms with E-state index >= 15 is 0 Å². The summed E-state index contributed by atoms with van der Waals surface area (Å²) in [6.45, 7) is 1.72. The molecular weight excluding hydrogens is 202 g/mol. The molecule has 0 unspecified atom stereocenters. The van der Waals surface area contributed by atoms with Crippen LogP contribution < -0.4 is 61.9 Å². The summed E-state index contributed by atoms with van der Waals surface area (Å²) in [6.07, 6.45) is 0. The summed E-state index contributed by atoms with van der Waals surface area (Å²) in [5.74, 6) is 0.527. The van der Waals surface area contributed by atoms with Crippen molar-refractivity contribution in [1.29, 1.82) is 0 Å². The van der Waals surface area contributed by atoms with Crippen LogP contribution in [0.3, 0.4) is 0 Å². The maximum atomic E-state index is 11.2. The fraction of sp³-hybridized carbons (Fsp3) is 0.111. The first-order chi connectivity index (χ1) is 5.77. The Bertz CT molecular complexity index is 483. The zero-order valence-electron chi connectivity index (χ0n) is 8.19. The molecule has 3 nitrogen and oxygen atoms in total. The second kappa shape index (κ2) is 5.82. The number of para-hydroxylation sites is 1. The number of benzene rings is 1. The van der Waals surface area contributed by atoms with Crippen LogP contribution in [0.25, 0.3) is 10.9 Å². The van der Waals surface area contributed by atoms with Crippen LogP contribution in [0.4, 0.5) is 0 Å². The van der Waals surface area contributed by atoms with Gasteiger partial charge in [-0.1, -0.05) is 30.1 Å². The molecule has 0 fully saturated rings. The van der Waals surface area contributed by atoms with Crippen molar-refractivity contribution >= 4 is 19.3 Å². The zero-order chi connectivity index (χ0) is 8.55. The fourth-order valence-corrected chi connectivity index (χ4v) is 1.16. The molecule has 0 saturated carbocycles. The Labute approximate surface area is 126 Å². The monoisotopic (exact) mass is 209 g/mol. The minimum atomic E-state index is -0.196. The van der Waals surface area contributed by atoms with Gasteiger partial charge in [-0.3, -0.25) is 4.79 Å². The van der Waals surface area contributed by atoms with Gasteiger partial charge in [0.2, 0.25) is 0 Å². The first-order valence-electron chi connectivity index (χ1n) is 3.68. The third-order valence-corrected chi connectivity index (χ3v) is 1.68. The van der Waals surface area contributed by atoms with Gasteiger partial charge >= 0.3 is 51.4 Å². The van der Waals surface area contributed by atoms with Crippen LogP contribution in [-0.4, -0.2) is 13.4 Å². The first-order valence-corrected chi connectivity index (χ1v) is 3.68. The SMILES string of the molecule is Cc1nc2ccccc2c(=O)[n-]1.[B-].[K+]. The Kier molecular flexibility index (Phi) is 5.85. The Balaban J connectivity index is 0.000000845. The van der Waals surface area contributed by atoms with E-state index in [0.29, 0.717) is 11.2 Å². The summed E-state index contributed by atoms with van der Waals surface area (Å²) < 4.78 is 0. The van der Waals surface area contributed by atoms with E-state index in [2.05, 4.69) is 9.97 Å². The predicted molar refractivity (Wildman–Crippen MR) is 51.8 cm³/mol. The number of nitrogens with zero attached hydrogens (tertiary/aromatic N) is 2. The predicted octanol–water partition coefficient (Wildman–Crippen LogP) is -2.52. The van der Waals surface area contributed by atoms with Gasteiger partial charge in [0.25, 0.3) is 0 Å². The third-order valence-electron chi connectivity index (χ3n) is 1.68. The van der Waals surface area contributed by atoms with Crippen LogP contribution in [0.1, 0.15) is 5.82 Å². The van der Waals surface area contributed by atoms with Crippen molar-refractivity contribution in [2.24, 2.45) is 0 Å². The Morgan fingerprint density at radius 1 is 1.29 bits per heavy atom. The number of hydrogen-bond acceptors (Lipinski definition) is 2. The quantitative estimate of drug-likeness (QED) is 0.450. The summed E-state index contributed by atoms with van der Waals surface area (Å²) in [5.41, 5.74) is 0.521. The standard InChI is InChI=1S/C9H8N2O.B.K/c1-6-10-8-5-3-2-4-7(8)9(12)11-6;;/h2-5H,1H3,(H,10,11,12);;/q;-1;+1/p-1. The molecule has 0 aliphatic heterocycles. The molecule has 2 rings (SSSR count). The van der Waals surface area contributed by atoms with Crippen molar-refractivity contribution < 1.29 is 51.4 Å². The van der Waals surface area contributed by atoms with Crippen molar-refractivity contribution in [3.8, 4) is 0 Å². The van der Waals surface area contributed by atoms with Gasteiger partial charge in [0.15, 0.2) is 5.56 Å². The van der Waals surface area contributed by atoms with E-state index in [4.69, 9.17) is 0 Å². The molecule has 0 N–H and O–H groups in total. The Hall–Kier alpha value is 0.0613. The van der Waals surface area contributed by atoms with E-state index in [9.17, 15) is 4.79 Å². The van der Waals surface area contributed by atoms with E-state index in [1.54, 1.807) is 13.0 Å². The number of hydrogen-bond donors (Lipinski definition) is 0. The third kappa shape index (κ3) is 2.77. The number of rotatable bonds is 0. The van der Waals surface area contributed by atoms with Gasteiger partial charge in [0.05, 0.1) is 0 Å². The molecule has 0 amide bonds. The molecule has 0 atom stereocenters. The van der Waals surface area contributed by atoms with Crippen molar-refractivity contribution in [3.05, 3.63) is 40.4 Å². The molecule has 0 spiro atoms. The topological polar surface area (TPSA) is 44.1 Å². The van der Waals surface area contributed by atoms with Crippen molar-refractivity contribution in [2.75, 3.05) is 0 Å². The summed E-state index contributed by atoms with van der Waals surface area (Å²) in [6, 6.07) is 7.21. The second-order valence-corrected chi connectivity index (χ2v) is 2.59. The van der Waals surface area contributed by atoms with E-state index in [1.807, 2.05) is 18.2 Å². The van der Waals surface area contributed by atoms with Gasteiger partial charge in [0.1, 0.15) is 0 Å². The minimum Gasteiger partial charge on any atom is -1.00 e. The maximum Gasteiger partial charge on any atom is 1.00 e. The van der Waals surface area contributed by atoms with Crippen LogP contribution in [0.15, 0.2) is 29.1 Å². The average molecular weight is 209 g/mol. The Morgan fingerprint density at radius 2 is 1.93 bits per heavy atom. The number of fused-ring (bicyclic) bond motifs is 1. The average Bonchev–Trinajstić information content (AvgIpc) is 2.04. The molecule has 1 heterocycles. The summed E-state index contributed by atoms with van der Waals surface area (Å²) in [5, 5.41) is 0.586. The van der Waals surface area contributed by atoms with Gasteiger partial charge < -0.3 is 18.4 Å². The van der Waals surface area contributed by atoms with Gasteiger partial charge in [-0.15, -0.1) is 0 Å². The van der Waals surface area contributed by atoms with E-state index in [-0.39, 0.29) is 65.4 Å². The van der Waals surface area contributed by atoms with Crippen LogP contribution in [0.5, 0.6) is 0 Å². The molecule has 0 bridgehead atoms. The van der Waals surface area contributed by atoms with Gasteiger partial charge in [-0.25, -0.2) is 0 Å². The first kappa shape index (κ1) is 14.1. The zero-order valence-corrected chi connectivity index (χ0v) is 11.3. The summed E-state index contributed by atoms with van der Waals surface area (Å²) in [7, 11) is 0. The summed E-state index contributed by atoms with van der Waals surface area (Å²) in [4.78, 5) is 19.1. The molecule has 4 radical (unpaired) electrons. The van der Waals surface area contributed by atoms with E-state index < -0.39 is 0 Å². The molecule has 0 saturated heterocycles. The normalized spacial score (nSPS) is 8.93. The van der Waals surface area contributed by atoms with Gasteiger partial charge in [-0.05, 0) is 12.4 Å². The fourth-order valence-electron chi connectivity index (χ4n) is 1.16. The molecule has 1 aromatic carbocycles. The van der Waals surface area contributed by atoms with Crippen molar-refractivity contribution in [3.63, 3.8) is 0 Å². The molecule has 0 aliphatic rings. The van der Waals surface area contributed by atoms with Crippen molar-refractivity contribution in [1.82, 2.24) is 9.97 Å². The molecule has 2 aromatic rings. The van der Waals surface area contributed by atoms with Gasteiger partial charge in [0, 0.05) is 5.39 Å². The second-order valence-electron chi connectivity index (χ2n) is 2.59. The molecule has 14 heavy (non-hydrogen) atoms. The smallest absolute Gasteiger partial charge is 1.00 e. The van der Waals surface area contributed by atoms with Crippen LogP contribution in [-0.2, 0) is 0 Å². The molecule has 1 aromatic heterocycles. The van der Waals surface area contributed by atoms with Crippen LogP contribution in [0, 0.1) is 6.92 Å². The molecule has 0 aliphatic carbocycles. The summed E-state index contributed by atoms with van der Waals surface area (Å²) >= 11 is 0. The minimum absolute atomic E-state index is 0. The maximum absolute atomic E-state index is 11.2. The Morgan fingerprint density at radius 3 is 2.64 bits per heavy atom. The number of aromatic nitrogens is 2. The molecule has 5 heteroatoms. The molecule has 64 valence electrons. The molecular formula is C9H7BKN2O-. The van der Waals surface area contributed by atoms with E-state index in [0.717, 1.165) is 5.52 Å². The van der Waals surface area contributed by atoms with Crippen LogP contribution >= 0.6 is 0 Å².